The summed E-state index contributed by atoms with van der Waals surface area (Å²) in [5.74, 6) is 1.79. The molecule has 0 aliphatic carbocycles. The number of hydrogen-bond acceptors (Lipinski definition) is 6. The molecule has 8 heteroatoms. The highest BCUT2D eigenvalue weighted by molar-refractivity contribution is 6.01. The van der Waals surface area contributed by atoms with Crippen LogP contribution in [0.2, 0.25) is 0 Å². The van der Waals surface area contributed by atoms with Crippen molar-refractivity contribution >= 4 is 11.8 Å². The molecule has 0 saturated carbocycles. The first kappa shape index (κ1) is 26.4. The van der Waals surface area contributed by atoms with Crippen molar-refractivity contribution in [2.45, 2.75) is 38.8 Å². The van der Waals surface area contributed by atoms with E-state index in [1.54, 1.807) is 20.3 Å². The fourth-order valence-corrected chi connectivity index (χ4v) is 5.67. The Morgan fingerprint density at radius 3 is 2.38 bits per heavy atom. The number of nitrogens with one attached hydrogen (secondary N) is 1. The summed E-state index contributed by atoms with van der Waals surface area (Å²) in [7, 11) is 3.20. The van der Waals surface area contributed by atoms with Gasteiger partial charge in [-0.1, -0.05) is 18.2 Å². The largest absolute Gasteiger partial charge is 0.497 e. The standard InChI is InChI=1S/C31H34N2O6/c1-5-38-26-16-19-13-14-33-29(24(19)17-27(26)39-6-2)28(22-9-7-8-10-23(22)31(33)35)30(34)32-18-20-15-21(36-3)11-12-25(20)37-4/h7-12,15-17,28-29H,5-6,13-14,18H2,1-4H3,(H,32,34). The van der Waals surface area contributed by atoms with E-state index in [2.05, 4.69) is 5.32 Å². The van der Waals surface area contributed by atoms with Crippen LogP contribution >= 0.6 is 0 Å². The predicted octanol–water partition coefficient (Wildman–Crippen LogP) is 4.65. The minimum Gasteiger partial charge on any atom is -0.497 e. The molecule has 3 aromatic rings. The number of fused-ring (bicyclic) bond motifs is 4. The summed E-state index contributed by atoms with van der Waals surface area (Å²) in [6.45, 7) is 5.60. The number of ether oxygens (including phenoxy) is 4. The van der Waals surface area contributed by atoms with Crippen molar-refractivity contribution in [1.82, 2.24) is 10.2 Å². The SMILES string of the molecule is CCOc1cc2c(cc1OCC)C1C(C(=O)NCc3cc(OC)ccc3OC)c3ccccc3C(=O)N1CC2. The first-order valence-electron chi connectivity index (χ1n) is 13.3. The van der Waals surface area contributed by atoms with Crippen LogP contribution in [0.1, 0.15) is 58.4 Å². The Hall–Kier alpha value is -4.20. The zero-order valence-corrected chi connectivity index (χ0v) is 22.8. The van der Waals surface area contributed by atoms with E-state index < -0.39 is 12.0 Å². The highest BCUT2D eigenvalue weighted by atomic mass is 16.5. The van der Waals surface area contributed by atoms with Gasteiger partial charge in [-0.25, -0.2) is 0 Å². The Labute approximate surface area is 228 Å². The minimum absolute atomic E-state index is 0.0633. The van der Waals surface area contributed by atoms with Crippen molar-refractivity contribution in [3.63, 3.8) is 0 Å². The van der Waals surface area contributed by atoms with Crippen LogP contribution in [-0.2, 0) is 17.8 Å². The second-order valence-electron chi connectivity index (χ2n) is 9.52. The zero-order valence-electron chi connectivity index (χ0n) is 22.8. The Morgan fingerprint density at radius 1 is 0.923 bits per heavy atom. The molecule has 0 fully saturated rings. The smallest absolute Gasteiger partial charge is 0.254 e. The van der Waals surface area contributed by atoms with Crippen molar-refractivity contribution in [2.75, 3.05) is 34.0 Å². The van der Waals surface area contributed by atoms with E-state index in [9.17, 15) is 9.59 Å². The quantitative estimate of drug-likeness (QED) is 0.433. The summed E-state index contributed by atoms with van der Waals surface area (Å²) in [5.41, 5.74) is 4.05. The van der Waals surface area contributed by atoms with Crippen LogP contribution in [0.15, 0.2) is 54.6 Å². The van der Waals surface area contributed by atoms with Gasteiger partial charge in [0.25, 0.3) is 5.91 Å². The number of rotatable bonds is 9. The molecule has 2 heterocycles. The molecule has 39 heavy (non-hydrogen) atoms. The number of methoxy groups -OCH3 is 2. The van der Waals surface area contributed by atoms with Gasteiger partial charge >= 0.3 is 0 Å². The average molecular weight is 531 g/mol. The molecule has 2 aliphatic heterocycles. The van der Waals surface area contributed by atoms with Gasteiger partial charge < -0.3 is 29.2 Å². The lowest BCUT2D eigenvalue weighted by Crippen LogP contribution is -2.50. The van der Waals surface area contributed by atoms with Gasteiger partial charge in [-0.3, -0.25) is 9.59 Å². The molecule has 0 bridgehead atoms. The third-order valence-corrected chi connectivity index (χ3v) is 7.41. The fraction of sp³-hybridized carbons (Fsp3) is 0.355. The van der Waals surface area contributed by atoms with Gasteiger partial charge in [0.15, 0.2) is 11.5 Å². The van der Waals surface area contributed by atoms with E-state index in [-0.39, 0.29) is 18.4 Å². The van der Waals surface area contributed by atoms with Gasteiger partial charge in [0.2, 0.25) is 5.91 Å². The number of hydrogen-bond donors (Lipinski definition) is 1. The highest BCUT2D eigenvalue weighted by Gasteiger charge is 2.46. The molecule has 2 unspecified atom stereocenters. The normalized spacial score (nSPS) is 17.4. The molecule has 0 spiro atoms. The van der Waals surface area contributed by atoms with Crippen molar-refractivity contribution < 1.29 is 28.5 Å². The van der Waals surface area contributed by atoms with Gasteiger partial charge in [0.05, 0.1) is 39.4 Å². The molecule has 5 rings (SSSR count). The van der Waals surface area contributed by atoms with Gasteiger partial charge in [0.1, 0.15) is 11.5 Å². The molecule has 8 nitrogen and oxygen atoms in total. The molecule has 2 aliphatic rings. The zero-order chi connectivity index (χ0) is 27.5. The van der Waals surface area contributed by atoms with E-state index in [1.807, 2.05) is 67.3 Å². The van der Waals surface area contributed by atoms with E-state index in [0.717, 1.165) is 22.3 Å². The van der Waals surface area contributed by atoms with Crippen LogP contribution in [0, 0.1) is 0 Å². The van der Waals surface area contributed by atoms with Gasteiger partial charge in [-0.15, -0.1) is 0 Å². The summed E-state index contributed by atoms with van der Waals surface area (Å²) in [6.07, 6.45) is 0.668. The molecule has 0 radical (unpaired) electrons. The summed E-state index contributed by atoms with van der Waals surface area (Å²) in [4.78, 5) is 29.5. The van der Waals surface area contributed by atoms with Crippen LogP contribution in [0.25, 0.3) is 0 Å². The maximum absolute atomic E-state index is 14.1. The molecule has 2 atom stereocenters. The molecule has 2 amide bonds. The lowest BCUT2D eigenvalue weighted by Gasteiger charge is -2.45. The predicted molar refractivity (Wildman–Crippen MR) is 147 cm³/mol. The number of amides is 2. The third kappa shape index (κ3) is 4.87. The summed E-state index contributed by atoms with van der Waals surface area (Å²) in [5, 5.41) is 3.12. The number of carbonyl (C=O) groups excluding carboxylic acids is 2. The molecular formula is C31H34N2O6. The molecule has 1 N–H and O–H groups in total. The van der Waals surface area contributed by atoms with E-state index in [1.165, 1.54) is 0 Å². The van der Waals surface area contributed by atoms with Crippen molar-refractivity contribution in [3.05, 3.63) is 82.4 Å². The average Bonchev–Trinajstić information content (AvgIpc) is 2.96. The number of nitrogens with zero attached hydrogens (tertiary/aromatic N) is 1. The lowest BCUT2D eigenvalue weighted by atomic mass is 9.75. The maximum Gasteiger partial charge on any atom is 0.254 e. The van der Waals surface area contributed by atoms with Gasteiger partial charge in [-0.05, 0) is 73.4 Å². The second-order valence-corrected chi connectivity index (χ2v) is 9.52. The van der Waals surface area contributed by atoms with E-state index in [0.29, 0.717) is 54.7 Å². The van der Waals surface area contributed by atoms with Crippen LogP contribution in [0.5, 0.6) is 23.0 Å². The highest BCUT2D eigenvalue weighted by Crippen LogP contribution is 2.48. The second kappa shape index (κ2) is 11.3. The fourth-order valence-electron chi connectivity index (χ4n) is 5.67. The molecule has 204 valence electrons. The Kier molecular flexibility index (Phi) is 7.63. The Balaban J connectivity index is 1.56. The topological polar surface area (TPSA) is 86.3 Å². The van der Waals surface area contributed by atoms with Crippen LogP contribution in [0.3, 0.4) is 0 Å². The Bertz CT molecular complexity index is 1390. The minimum atomic E-state index is -0.609. The third-order valence-electron chi connectivity index (χ3n) is 7.41. The molecule has 0 aromatic heterocycles. The Morgan fingerprint density at radius 2 is 1.67 bits per heavy atom. The summed E-state index contributed by atoms with van der Waals surface area (Å²) >= 11 is 0. The molecule has 0 saturated heterocycles. The molecular weight excluding hydrogens is 496 g/mol. The van der Waals surface area contributed by atoms with Crippen LogP contribution in [0.4, 0.5) is 0 Å². The van der Waals surface area contributed by atoms with E-state index >= 15 is 0 Å². The first-order valence-corrected chi connectivity index (χ1v) is 13.3. The van der Waals surface area contributed by atoms with Gasteiger partial charge in [0, 0.05) is 24.2 Å². The monoisotopic (exact) mass is 530 g/mol. The first-order chi connectivity index (χ1) is 19.0. The maximum atomic E-state index is 14.1. The van der Waals surface area contributed by atoms with Crippen molar-refractivity contribution in [3.8, 4) is 23.0 Å². The summed E-state index contributed by atoms with van der Waals surface area (Å²) < 4.78 is 22.7. The van der Waals surface area contributed by atoms with Crippen molar-refractivity contribution in [1.29, 1.82) is 0 Å². The summed E-state index contributed by atoms with van der Waals surface area (Å²) in [6, 6.07) is 16.4. The van der Waals surface area contributed by atoms with Crippen LogP contribution in [-0.4, -0.2) is 50.7 Å². The van der Waals surface area contributed by atoms with E-state index in [4.69, 9.17) is 18.9 Å². The number of carbonyl (C=O) groups is 2. The van der Waals surface area contributed by atoms with Crippen LogP contribution < -0.4 is 24.3 Å². The molecule has 3 aromatic carbocycles. The number of benzene rings is 3. The van der Waals surface area contributed by atoms with Gasteiger partial charge in [-0.2, -0.15) is 0 Å². The van der Waals surface area contributed by atoms with Crippen molar-refractivity contribution in [2.24, 2.45) is 0 Å². The lowest BCUT2D eigenvalue weighted by molar-refractivity contribution is -0.124.